The minimum Gasteiger partial charge on any atom is -0.497 e. The van der Waals surface area contributed by atoms with Gasteiger partial charge in [0.05, 0.1) is 19.1 Å². The normalized spacial score (nSPS) is 12.5. The van der Waals surface area contributed by atoms with Gasteiger partial charge in [0, 0.05) is 25.0 Å². The van der Waals surface area contributed by atoms with Gasteiger partial charge in [-0.05, 0) is 76.1 Å². The average Bonchev–Trinajstić information content (AvgIpc) is 2.78. The van der Waals surface area contributed by atoms with E-state index in [2.05, 4.69) is 5.32 Å². The van der Waals surface area contributed by atoms with Crippen molar-refractivity contribution in [3.63, 3.8) is 0 Å². The van der Waals surface area contributed by atoms with E-state index >= 15 is 0 Å². The number of hydrogen-bond donors (Lipinski definition) is 1. The Morgan fingerprint density at radius 3 is 2.31 bits per heavy atom. The highest BCUT2D eigenvalue weighted by atomic mass is 32.2. The summed E-state index contributed by atoms with van der Waals surface area (Å²) in [5.41, 5.74) is 0.640. The van der Waals surface area contributed by atoms with E-state index in [1.165, 1.54) is 29.2 Å². The van der Waals surface area contributed by atoms with Crippen molar-refractivity contribution >= 4 is 27.5 Å². The monoisotopic (exact) mass is 521 g/mol. The maximum atomic E-state index is 13.3. The maximum absolute atomic E-state index is 13.3. The number of benzene rings is 2. The fourth-order valence-electron chi connectivity index (χ4n) is 3.64. The van der Waals surface area contributed by atoms with E-state index in [9.17, 15) is 22.4 Å². The predicted molar refractivity (Wildman–Crippen MR) is 139 cm³/mol. The van der Waals surface area contributed by atoms with Gasteiger partial charge in [-0.25, -0.2) is 12.8 Å². The van der Waals surface area contributed by atoms with Crippen molar-refractivity contribution in [3.05, 3.63) is 59.9 Å². The first kappa shape index (κ1) is 29.1. The Kier molecular flexibility index (Phi) is 9.86. The molecule has 0 bridgehead atoms. The third kappa shape index (κ3) is 8.82. The summed E-state index contributed by atoms with van der Waals surface area (Å²) >= 11 is 0. The molecule has 0 spiro atoms. The van der Waals surface area contributed by atoms with Crippen molar-refractivity contribution < 1.29 is 27.1 Å². The number of carbonyl (C=O) groups excluding carboxylic acids is 2. The number of sulfonamides is 1. The molecule has 0 radical (unpaired) electrons. The van der Waals surface area contributed by atoms with Crippen LogP contribution in [0.3, 0.4) is 0 Å². The molecular weight excluding hydrogens is 485 g/mol. The van der Waals surface area contributed by atoms with E-state index in [4.69, 9.17) is 4.74 Å². The highest BCUT2D eigenvalue weighted by molar-refractivity contribution is 7.92. The van der Waals surface area contributed by atoms with Gasteiger partial charge in [-0.15, -0.1) is 0 Å². The van der Waals surface area contributed by atoms with Gasteiger partial charge in [-0.3, -0.25) is 13.9 Å². The number of hydrogen-bond acceptors (Lipinski definition) is 5. The molecule has 0 aromatic heterocycles. The first-order chi connectivity index (χ1) is 16.7. The van der Waals surface area contributed by atoms with Crippen LogP contribution in [0.4, 0.5) is 10.1 Å². The van der Waals surface area contributed by atoms with Gasteiger partial charge in [0.25, 0.3) is 0 Å². The van der Waals surface area contributed by atoms with Gasteiger partial charge in [-0.2, -0.15) is 0 Å². The van der Waals surface area contributed by atoms with Crippen LogP contribution in [-0.2, 0) is 26.2 Å². The van der Waals surface area contributed by atoms with E-state index in [0.29, 0.717) is 11.4 Å². The van der Waals surface area contributed by atoms with Gasteiger partial charge in [0.2, 0.25) is 21.8 Å². The molecule has 10 heteroatoms. The molecule has 1 unspecified atom stereocenters. The minimum atomic E-state index is -3.65. The Hall–Kier alpha value is -3.14. The number of halogens is 1. The van der Waals surface area contributed by atoms with Crippen LogP contribution in [0.25, 0.3) is 0 Å². The summed E-state index contributed by atoms with van der Waals surface area (Å²) in [7, 11) is -2.10. The molecular formula is C26H36FN3O5S. The summed E-state index contributed by atoms with van der Waals surface area (Å²) in [5, 5.41) is 2.91. The van der Waals surface area contributed by atoms with Crippen LogP contribution < -0.4 is 14.4 Å². The van der Waals surface area contributed by atoms with Crippen LogP contribution in [0, 0.1) is 5.82 Å². The van der Waals surface area contributed by atoms with Crippen LogP contribution in [0.5, 0.6) is 5.75 Å². The molecule has 0 aliphatic carbocycles. The average molecular weight is 522 g/mol. The van der Waals surface area contributed by atoms with Crippen molar-refractivity contribution in [2.24, 2.45) is 0 Å². The highest BCUT2D eigenvalue weighted by Gasteiger charge is 2.28. The second-order valence-electron chi connectivity index (χ2n) is 9.70. The second kappa shape index (κ2) is 12.2. The van der Waals surface area contributed by atoms with Crippen LogP contribution in [0.2, 0.25) is 0 Å². The van der Waals surface area contributed by atoms with Crippen molar-refractivity contribution in [1.29, 1.82) is 0 Å². The number of rotatable bonds is 11. The first-order valence-electron chi connectivity index (χ1n) is 11.7. The highest BCUT2D eigenvalue weighted by Crippen LogP contribution is 2.20. The number of amides is 2. The molecule has 0 saturated heterocycles. The molecule has 0 heterocycles. The molecule has 0 aliphatic heterocycles. The smallest absolute Gasteiger partial charge is 0.242 e. The molecule has 8 nitrogen and oxygen atoms in total. The number of ether oxygens (including phenoxy) is 1. The Balaban J connectivity index is 2.20. The number of anilines is 1. The number of nitrogens with one attached hydrogen (secondary N) is 1. The predicted octanol–water partition coefficient (Wildman–Crippen LogP) is 3.71. The lowest BCUT2D eigenvalue weighted by Gasteiger charge is -2.32. The molecule has 2 amide bonds. The maximum Gasteiger partial charge on any atom is 0.242 e. The third-order valence-electron chi connectivity index (χ3n) is 5.42. The van der Waals surface area contributed by atoms with Gasteiger partial charge in [-0.1, -0.05) is 12.1 Å². The Labute approximate surface area is 213 Å². The second-order valence-corrected chi connectivity index (χ2v) is 11.6. The molecule has 1 atom stereocenters. The van der Waals surface area contributed by atoms with E-state index in [1.54, 1.807) is 26.2 Å². The summed E-state index contributed by atoms with van der Waals surface area (Å²) in [4.78, 5) is 27.7. The fourth-order valence-corrected chi connectivity index (χ4v) is 4.60. The lowest BCUT2D eigenvalue weighted by Crippen LogP contribution is -2.52. The van der Waals surface area contributed by atoms with E-state index in [-0.39, 0.29) is 37.7 Å². The minimum absolute atomic E-state index is 0.0182. The topological polar surface area (TPSA) is 96.0 Å². The lowest BCUT2D eigenvalue weighted by molar-refractivity contribution is -0.141. The van der Waals surface area contributed by atoms with Gasteiger partial charge < -0.3 is 15.0 Å². The molecule has 1 N–H and O–H groups in total. The summed E-state index contributed by atoms with van der Waals surface area (Å²) in [6, 6.07) is 11.6. The SMILES string of the molecule is COc1cccc(CN(C(=O)CCCN(c2ccc(F)cc2)S(C)(=O)=O)C(C)C(=O)NC(C)(C)C)c1. The van der Waals surface area contributed by atoms with E-state index in [1.807, 2.05) is 32.9 Å². The van der Waals surface area contributed by atoms with E-state index in [0.717, 1.165) is 16.1 Å². The Morgan fingerprint density at radius 2 is 1.75 bits per heavy atom. The van der Waals surface area contributed by atoms with Crippen molar-refractivity contribution in [2.75, 3.05) is 24.2 Å². The molecule has 2 aromatic rings. The molecule has 0 aliphatic rings. The van der Waals surface area contributed by atoms with Crippen molar-refractivity contribution in [1.82, 2.24) is 10.2 Å². The third-order valence-corrected chi connectivity index (χ3v) is 6.61. The summed E-state index contributed by atoms with van der Waals surface area (Å²) in [6.45, 7) is 7.47. The van der Waals surface area contributed by atoms with Gasteiger partial charge in [0.1, 0.15) is 17.6 Å². The zero-order valence-electron chi connectivity index (χ0n) is 21.7. The molecule has 0 saturated carbocycles. The summed E-state index contributed by atoms with van der Waals surface area (Å²) in [6.07, 6.45) is 1.29. The largest absolute Gasteiger partial charge is 0.497 e. The molecule has 2 rings (SSSR count). The zero-order chi connectivity index (χ0) is 27.1. The summed E-state index contributed by atoms with van der Waals surface area (Å²) < 4.78 is 44.4. The standard InChI is InChI=1S/C26H36FN3O5S/c1-19(25(32)28-26(2,3)4)29(18-20-9-7-10-23(17-20)35-5)24(31)11-8-16-30(36(6,33)34)22-14-12-21(27)13-15-22/h7,9-10,12-15,17,19H,8,11,16,18H2,1-6H3,(H,28,32). The fraction of sp³-hybridized carbons (Fsp3) is 0.462. The number of carbonyl (C=O) groups is 2. The molecule has 198 valence electrons. The lowest BCUT2D eigenvalue weighted by atomic mass is 10.1. The first-order valence-corrected chi connectivity index (χ1v) is 13.5. The van der Waals surface area contributed by atoms with Crippen LogP contribution in [0.15, 0.2) is 48.5 Å². The quantitative estimate of drug-likeness (QED) is 0.486. The molecule has 36 heavy (non-hydrogen) atoms. The number of nitrogens with zero attached hydrogens (tertiary/aromatic N) is 2. The summed E-state index contributed by atoms with van der Waals surface area (Å²) in [5.74, 6) is -0.419. The zero-order valence-corrected chi connectivity index (χ0v) is 22.6. The van der Waals surface area contributed by atoms with Crippen molar-refractivity contribution in [3.8, 4) is 5.75 Å². The Bertz CT molecular complexity index is 1150. The number of methoxy groups -OCH3 is 1. The Morgan fingerprint density at radius 1 is 1.11 bits per heavy atom. The van der Waals surface area contributed by atoms with Gasteiger partial charge >= 0.3 is 0 Å². The van der Waals surface area contributed by atoms with Crippen LogP contribution in [-0.4, -0.2) is 56.6 Å². The van der Waals surface area contributed by atoms with Gasteiger partial charge in [0.15, 0.2) is 0 Å². The molecule has 2 aromatic carbocycles. The van der Waals surface area contributed by atoms with E-state index < -0.39 is 27.4 Å². The van der Waals surface area contributed by atoms with Crippen LogP contribution in [0.1, 0.15) is 46.1 Å². The van der Waals surface area contributed by atoms with Crippen molar-refractivity contribution in [2.45, 2.75) is 58.7 Å². The van der Waals surface area contributed by atoms with Crippen LogP contribution >= 0.6 is 0 Å². The molecule has 0 fully saturated rings.